The molecule has 0 aliphatic heterocycles. The second kappa shape index (κ2) is 19.8. The largest absolute Gasteiger partial charge is 0.349 e. The lowest BCUT2D eigenvalue weighted by molar-refractivity contribution is -0.118. The van der Waals surface area contributed by atoms with Crippen molar-refractivity contribution >= 4 is 17.5 Å². The number of halogens is 1. The van der Waals surface area contributed by atoms with Crippen LogP contribution in [-0.4, -0.2) is 31.9 Å². The molecule has 0 saturated carbocycles. The Morgan fingerprint density at radius 3 is 1.96 bits per heavy atom. The number of carbonyl (C=O) groups is 1. The number of carbonyl (C=O) groups excluding carboxylic acids is 1. The van der Waals surface area contributed by atoms with Gasteiger partial charge in [-0.15, -0.1) is 11.6 Å². The average molecular weight is 375 g/mol. The lowest BCUT2D eigenvalue weighted by Gasteiger charge is -2.27. The highest BCUT2D eigenvalue weighted by molar-refractivity contribution is 6.17. The second-order valence-electron chi connectivity index (χ2n) is 6.92. The number of nitrogens with one attached hydrogen (secondary N) is 2. The van der Waals surface area contributed by atoms with Crippen molar-refractivity contribution in [1.29, 1.82) is 0 Å². The van der Waals surface area contributed by atoms with Crippen molar-refractivity contribution in [2.24, 2.45) is 5.92 Å². The molecule has 150 valence electrons. The van der Waals surface area contributed by atoms with Crippen LogP contribution in [0.15, 0.2) is 12.2 Å². The molecule has 0 fully saturated rings. The first-order valence-corrected chi connectivity index (χ1v) is 10.6. The zero-order chi connectivity index (χ0) is 19.5. The van der Waals surface area contributed by atoms with Gasteiger partial charge in [0.05, 0.1) is 0 Å². The first-order valence-electron chi connectivity index (χ1n) is 10.1. The summed E-state index contributed by atoms with van der Waals surface area (Å²) in [6, 6.07) is 0.225. The molecule has 0 radical (unpaired) electrons. The summed E-state index contributed by atoms with van der Waals surface area (Å²) in [5.41, 5.74) is 0.582. The number of rotatable bonds is 14. The molecular formula is C21H43ClN2O. The third-order valence-corrected chi connectivity index (χ3v) is 4.59. The lowest BCUT2D eigenvalue weighted by atomic mass is 9.89. The Morgan fingerprint density at radius 1 is 1.00 bits per heavy atom. The van der Waals surface area contributed by atoms with Crippen molar-refractivity contribution in [2.45, 2.75) is 91.0 Å². The van der Waals surface area contributed by atoms with E-state index in [1.54, 1.807) is 6.92 Å². The molecule has 0 aliphatic rings. The van der Waals surface area contributed by atoms with Crippen LogP contribution in [0.1, 0.15) is 85.0 Å². The molecule has 3 nitrogen and oxygen atoms in total. The predicted molar refractivity (Wildman–Crippen MR) is 113 cm³/mol. The molecule has 4 heteroatoms. The van der Waals surface area contributed by atoms with Crippen LogP contribution in [0.2, 0.25) is 0 Å². The molecule has 0 aromatic rings. The fourth-order valence-electron chi connectivity index (χ4n) is 2.90. The number of hydrogen-bond donors (Lipinski definition) is 2. The maximum Gasteiger partial charge on any atom is 0.246 e. The summed E-state index contributed by atoms with van der Waals surface area (Å²) in [4.78, 5) is 11.9. The monoisotopic (exact) mass is 374 g/mol. The Labute approximate surface area is 162 Å². The topological polar surface area (TPSA) is 41.1 Å². The summed E-state index contributed by atoms with van der Waals surface area (Å²) < 4.78 is 0. The van der Waals surface area contributed by atoms with E-state index >= 15 is 0 Å². The molecule has 0 rings (SSSR count). The van der Waals surface area contributed by atoms with E-state index in [-0.39, 0.29) is 11.9 Å². The van der Waals surface area contributed by atoms with Gasteiger partial charge in [-0.3, -0.25) is 4.79 Å². The SMILES string of the molecule is C=C(C)C(=O)NC(CC)C(CCCl)CCCCCCCCC.CNC. The smallest absolute Gasteiger partial charge is 0.246 e. The van der Waals surface area contributed by atoms with Gasteiger partial charge in [0.1, 0.15) is 0 Å². The maximum atomic E-state index is 11.9. The Balaban J connectivity index is 0. The van der Waals surface area contributed by atoms with E-state index in [0.29, 0.717) is 17.4 Å². The molecule has 25 heavy (non-hydrogen) atoms. The summed E-state index contributed by atoms with van der Waals surface area (Å²) >= 11 is 5.96. The summed E-state index contributed by atoms with van der Waals surface area (Å²) in [5, 5.41) is 5.87. The zero-order valence-electron chi connectivity index (χ0n) is 17.4. The van der Waals surface area contributed by atoms with Crippen LogP contribution in [0.3, 0.4) is 0 Å². The maximum absolute atomic E-state index is 11.9. The van der Waals surface area contributed by atoms with Crippen molar-refractivity contribution < 1.29 is 4.79 Å². The van der Waals surface area contributed by atoms with Crippen molar-refractivity contribution in [2.75, 3.05) is 20.0 Å². The minimum absolute atomic E-state index is 0.0222. The Kier molecular flexibility index (Phi) is 21.1. The summed E-state index contributed by atoms with van der Waals surface area (Å²) in [6.07, 6.45) is 12.4. The molecular weight excluding hydrogens is 332 g/mol. The van der Waals surface area contributed by atoms with Crippen LogP contribution in [0.25, 0.3) is 0 Å². The highest BCUT2D eigenvalue weighted by atomic mass is 35.5. The second-order valence-corrected chi connectivity index (χ2v) is 7.29. The van der Waals surface area contributed by atoms with Crippen LogP contribution >= 0.6 is 11.6 Å². The molecule has 0 aromatic heterocycles. The van der Waals surface area contributed by atoms with E-state index in [9.17, 15) is 4.79 Å². The standard InChI is InChI=1S/C19H36ClNO.C2H7N/c1-5-7-8-9-10-11-12-13-17(14-15-20)18(6-2)21-19(22)16(3)4;1-3-2/h17-18H,3,5-15H2,1-2,4H3,(H,21,22);3H,1-2H3. The molecule has 1 amide bonds. The van der Waals surface area contributed by atoms with Gasteiger partial charge in [0.15, 0.2) is 0 Å². The summed E-state index contributed by atoms with van der Waals surface area (Å²) in [7, 11) is 3.75. The number of unbranched alkanes of at least 4 members (excludes halogenated alkanes) is 6. The number of alkyl halides is 1. The molecule has 0 saturated heterocycles. The van der Waals surface area contributed by atoms with E-state index in [2.05, 4.69) is 31.1 Å². The fourth-order valence-corrected chi connectivity index (χ4v) is 3.18. The van der Waals surface area contributed by atoms with Gasteiger partial charge in [0, 0.05) is 17.5 Å². The van der Waals surface area contributed by atoms with Crippen molar-refractivity contribution in [3.05, 3.63) is 12.2 Å². The number of hydrogen-bond acceptors (Lipinski definition) is 2. The van der Waals surface area contributed by atoms with E-state index in [1.807, 2.05) is 14.1 Å². The normalized spacial score (nSPS) is 12.7. The highest BCUT2D eigenvalue weighted by Crippen LogP contribution is 2.22. The van der Waals surface area contributed by atoms with Gasteiger partial charge >= 0.3 is 0 Å². The van der Waals surface area contributed by atoms with Gasteiger partial charge in [0.2, 0.25) is 5.91 Å². The molecule has 2 N–H and O–H groups in total. The molecule has 0 aliphatic carbocycles. The van der Waals surface area contributed by atoms with Crippen molar-refractivity contribution in [1.82, 2.24) is 10.6 Å². The predicted octanol–water partition coefficient (Wildman–Crippen LogP) is 5.68. The van der Waals surface area contributed by atoms with E-state index in [0.717, 1.165) is 19.3 Å². The number of amides is 1. The molecule has 2 unspecified atom stereocenters. The third kappa shape index (κ3) is 16.7. The quantitative estimate of drug-likeness (QED) is 0.233. The van der Waals surface area contributed by atoms with Crippen LogP contribution in [0, 0.1) is 5.92 Å². The molecule has 2 atom stereocenters. The minimum atomic E-state index is -0.0222. The third-order valence-electron chi connectivity index (χ3n) is 4.37. The average Bonchev–Trinajstić information content (AvgIpc) is 2.58. The van der Waals surface area contributed by atoms with Gasteiger partial charge in [-0.05, 0) is 46.2 Å². The zero-order valence-corrected chi connectivity index (χ0v) is 18.2. The summed E-state index contributed by atoms with van der Waals surface area (Å²) in [6.45, 7) is 9.86. The van der Waals surface area contributed by atoms with Gasteiger partial charge in [0.25, 0.3) is 0 Å². The molecule has 0 aromatic carbocycles. The first kappa shape index (κ1) is 26.7. The highest BCUT2D eigenvalue weighted by Gasteiger charge is 2.21. The van der Waals surface area contributed by atoms with Crippen molar-refractivity contribution in [3.8, 4) is 0 Å². The Bertz CT molecular complexity index is 321. The molecule has 0 bridgehead atoms. The molecule has 0 spiro atoms. The van der Waals surface area contributed by atoms with Gasteiger partial charge in [-0.1, -0.05) is 65.4 Å². The Morgan fingerprint density at radius 2 is 1.52 bits per heavy atom. The van der Waals surface area contributed by atoms with Crippen LogP contribution < -0.4 is 10.6 Å². The summed E-state index contributed by atoms with van der Waals surface area (Å²) in [5.74, 6) is 1.13. The van der Waals surface area contributed by atoms with Crippen LogP contribution in [-0.2, 0) is 4.79 Å². The fraction of sp³-hybridized carbons (Fsp3) is 0.857. The first-order chi connectivity index (χ1) is 12.0. The Hall–Kier alpha value is -0.540. The van der Waals surface area contributed by atoms with Crippen LogP contribution in [0.5, 0.6) is 0 Å². The van der Waals surface area contributed by atoms with Gasteiger partial charge in [-0.25, -0.2) is 0 Å². The van der Waals surface area contributed by atoms with E-state index in [1.165, 1.54) is 44.9 Å². The van der Waals surface area contributed by atoms with E-state index < -0.39 is 0 Å². The van der Waals surface area contributed by atoms with Gasteiger partial charge in [-0.2, -0.15) is 0 Å². The molecule has 0 heterocycles. The van der Waals surface area contributed by atoms with Crippen molar-refractivity contribution in [3.63, 3.8) is 0 Å². The van der Waals surface area contributed by atoms with Crippen LogP contribution in [0.4, 0.5) is 0 Å². The van der Waals surface area contributed by atoms with Gasteiger partial charge < -0.3 is 10.6 Å². The van der Waals surface area contributed by atoms with E-state index in [4.69, 9.17) is 11.6 Å². The lowest BCUT2D eigenvalue weighted by Crippen LogP contribution is -2.40. The minimum Gasteiger partial charge on any atom is -0.349 e.